The second-order valence-corrected chi connectivity index (χ2v) is 4.00. The van der Waals surface area contributed by atoms with Gasteiger partial charge in [-0.15, -0.1) is 0 Å². The molecule has 0 spiro atoms. The maximum Gasteiger partial charge on any atom is 0.319 e. The van der Waals surface area contributed by atoms with Crippen LogP contribution < -0.4 is 5.32 Å². The Hall–Kier alpha value is -0.940. The van der Waals surface area contributed by atoms with Gasteiger partial charge in [-0.25, -0.2) is 4.39 Å². The topological polar surface area (TPSA) is 38.3 Å². The van der Waals surface area contributed by atoms with E-state index in [2.05, 4.69) is 21.2 Å². The van der Waals surface area contributed by atoms with E-state index in [1.807, 2.05) is 0 Å². The van der Waals surface area contributed by atoms with Gasteiger partial charge in [-0.1, -0.05) is 15.9 Å². The number of nitrogens with one attached hydrogen (secondary N) is 1. The number of carbonyl (C=O) groups excluding carboxylic acids is 1. The van der Waals surface area contributed by atoms with E-state index in [1.54, 1.807) is 13.0 Å². The monoisotopic (exact) mass is 289 g/mol. The second kappa shape index (κ2) is 6.60. The lowest BCUT2D eigenvalue weighted by atomic mass is 10.2. The van der Waals surface area contributed by atoms with Gasteiger partial charge in [0.2, 0.25) is 0 Å². The summed E-state index contributed by atoms with van der Waals surface area (Å²) in [6.45, 7) is 2.65. The zero-order chi connectivity index (χ0) is 12.0. The van der Waals surface area contributed by atoms with E-state index < -0.39 is 0 Å². The Morgan fingerprint density at radius 3 is 3.00 bits per heavy atom. The van der Waals surface area contributed by atoms with E-state index in [0.717, 1.165) is 10.0 Å². The summed E-state index contributed by atoms with van der Waals surface area (Å²) in [5, 5.41) is 2.88. The van der Waals surface area contributed by atoms with Gasteiger partial charge in [0.1, 0.15) is 5.82 Å². The number of benzene rings is 1. The average Bonchev–Trinajstić information content (AvgIpc) is 2.23. The van der Waals surface area contributed by atoms with E-state index in [1.165, 1.54) is 12.1 Å². The Kier molecular flexibility index (Phi) is 5.42. The van der Waals surface area contributed by atoms with Crippen LogP contribution in [-0.2, 0) is 16.1 Å². The summed E-state index contributed by atoms with van der Waals surface area (Å²) >= 11 is 3.31. The zero-order valence-corrected chi connectivity index (χ0v) is 10.5. The van der Waals surface area contributed by atoms with Crippen LogP contribution in [0, 0.1) is 5.82 Å². The lowest BCUT2D eigenvalue weighted by Gasteiger charge is -2.06. The van der Waals surface area contributed by atoms with Gasteiger partial charge < -0.3 is 10.1 Å². The molecule has 5 heteroatoms. The fourth-order valence-electron chi connectivity index (χ4n) is 1.19. The Balaban J connectivity index is 2.42. The number of hydrogen-bond acceptors (Lipinski definition) is 3. The molecule has 1 aromatic rings. The summed E-state index contributed by atoms with van der Waals surface area (Å²) in [5.41, 5.74) is 0.768. The van der Waals surface area contributed by atoms with Gasteiger partial charge in [-0.3, -0.25) is 4.79 Å². The highest BCUT2D eigenvalue weighted by atomic mass is 79.9. The van der Waals surface area contributed by atoms with Gasteiger partial charge in [-0.05, 0) is 30.7 Å². The summed E-state index contributed by atoms with van der Waals surface area (Å²) in [5.74, 6) is -0.605. The Bertz CT molecular complexity index is 371. The predicted molar refractivity (Wildman–Crippen MR) is 62.4 cm³/mol. The lowest BCUT2D eigenvalue weighted by Crippen LogP contribution is -2.24. The number of esters is 1. The van der Waals surface area contributed by atoms with Gasteiger partial charge in [0, 0.05) is 11.0 Å². The zero-order valence-electron chi connectivity index (χ0n) is 8.93. The molecule has 3 nitrogen and oxygen atoms in total. The molecule has 0 bridgehead atoms. The van der Waals surface area contributed by atoms with Crippen molar-refractivity contribution < 1.29 is 13.9 Å². The van der Waals surface area contributed by atoms with E-state index in [-0.39, 0.29) is 18.3 Å². The third kappa shape index (κ3) is 4.28. The molecule has 0 aliphatic rings. The molecule has 0 heterocycles. The smallest absolute Gasteiger partial charge is 0.319 e. The van der Waals surface area contributed by atoms with Crippen LogP contribution in [0.2, 0.25) is 0 Å². The van der Waals surface area contributed by atoms with Crippen molar-refractivity contribution in [3.8, 4) is 0 Å². The van der Waals surface area contributed by atoms with Crippen LogP contribution in [0.1, 0.15) is 12.5 Å². The molecule has 88 valence electrons. The molecule has 0 amide bonds. The molecule has 0 saturated carbocycles. The summed E-state index contributed by atoms with van der Waals surface area (Å²) in [7, 11) is 0. The highest BCUT2D eigenvalue weighted by Crippen LogP contribution is 2.17. The van der Waals surface area contributed by atoms with Gasteiger partial charge in [0.25, 0.3) is 0 Å². The molecule has 0 fully saturated rings. The quantitative estimate of drug-likeness (QED) is 0.845. The van der Waals surface area contributed by atoms with E-state index in [4.69, 9.17) is 4.74 Å². The van der Waals surface area contributed by atoms with Gasteiger partial charge >= 0.3 is 5.97 Å². The standard InChI is InChI=1S/C11H13BrFNO2/c1-2-16-11(15)7-14-6-8-5-9(13)3-4-10(8)12/h3-5,14H,2,6-7H2,1H3. The first-order valence-electron chi connectivity index (χ1n) is 4.93. The van der Waals surface area contributed by atoms with Gasteiger partial charge in [0.15, 0.2) is 0 Å². The third-order valence-electron chi connectivity index (χ3n) is 1.90. The second-order valence-electron chi connectivity index (χ2n) is 3.14. The predicted octanol–water partition coefficient (Wildman–Crippen LogP) is 2.24. The number of halogens is 2. The summed E-state index contributed by atoms with van der Waals surface area (Å²) in [6, 6.07) is 4.43. The molecule has 0 aliphatic carbocycles. The van der Waals surface area contributed by atoms with Crippen molar-refractivity contribution in [2.45, 2.75) is 13.5 Å². The van der Waals surface area contributed by atoms with Crippen molar-refractivity contribution in [2.24, 2.45) is 0 Å². The molecular formula is C11H13BrFNO2. The lowest BCUT2D eigenvalue weighted by molar-refractivity contribution is -0.142. The van der Waals surface area contributed by atoms with E-state index in [0.29, 0.717) is 13.2 Å². The molecule has 0 atom stereocenters. The minimum absolute atomic E-state index is 0.122. The van der Waals surface area contributed by atoms with E-state index in [9.17, 15) is 9.18 Å². The molecule has 16 heavy (non-hydrogen) atoms. The van der Waals surface area contributed by atoms with Gasteiger partial charge in [-0.2, -0.15) is 0 Å². The summed E-state index contributed by atoms with van der Waals surface area (Å²) in [4.78, 5) is 11.0. The number of carbonyl (C=O) groups is 1. The van der Waals surface area contributed by atoms with E-state index >= 15 is 0 Å². The minimum atomic E-state index is -0.310. The Labute approximate surface area is 102 Å². The van der Waals surface area contributed by atoms with Crippen LogP contribution >= 0.6 is 15.9 Å². The average molecular weight is 290 g/mol. The SMILES string of the molecule is CCOC(=O)CNCc1cc(F)ccc1Br. The highest BCUT2D eigenvalue weighted by Gasteiger charge is 2.04. The van der Waals surface area contributed by atoms with Crippen molar-refractivity contribution in [1.29, 1.82) is 0 Å². The molecule has 0 saturated heterocycles. The molecular weight excluding hydrogens is 277 g/mol. The van der Waals surface area contributed by atoms with Crippen LogP contribution in [0.4, 0.5) is 4.39 Å². The van der Waals surface area contributed by atoms with Crippen LogP contribution in [0.25, 0.3) is 0 Å². The van der Waals surface area contributed by atoms with Gasteiger partial charge in [0.05, 0.1) is 13.2 Å². The molecule has 1 aromatic carbocycles. The number of ether oxygens (including phenoxy) is 1. The van der Waals surface area contributed by atoms with Crippen LogP contribution in [0.3, 0.4) is 0 Å². The van der Waals surface area contributed by atoms with Crippen molar-refractivity contribution >= 4 is 21.9 Å². The van der Waals surface area contributed by atoms with Crippen molar-refractivity contribution in [1.82, 2.24) is 5.32 Å². The highest BCUT2D eigenvalue weighted by molar-refractivity contribution is 9.10. The van der Waals surface area contributed by atoms with Crippen molar-refractivity contribution in [2.75, 3.05) is 13.2 Å². The first-order chi connectivity index (χ1) is 7.63. The normalized spacial score (nSPS) is 10.2. The maximum absolute atomic E-state index is 12.9. The molecule has 0 aromatic heterocycles. The summed E-state index contributed by atoms with van der Waals surface area (Å²) < 4.78 is 18.5. The molecule has 0 unspecified atom stereocenters. The van der Waals surface area contributed by atoms with Crippen LogP contribution in [0.5, 0.6) is 0 Å². The Morgan fingerprint density at radius 1 is 1.56 bits per heavy atom. The van der Waals surface area contributed by atoms with Crippen LogP contribution in [0.15, 0.2) is 22.7 Å². The summed E-state index contributed by atoms with van der Waals surface area (Å²) in [6.07, 6.45) is 0. The van der Waals surface area contributed by atoms with Crippen molar-refractivity contribution in [3.63, 3.8) is 0 Å². The number of hydrogen-bond donors (Lipinski definition) is 1. The first kappa shape index (κ1) is 13.1. The fourth-order valence-corrected chi connectivity index (χ4v) is 1.58. The first-order valence-corrected chi connectivity index (χ1v) is 5.73. The molecule has 1 N–H and O–H groups in total. The molecule has 1 rings (SSSR count). The van der Waals surface area contributed by atoms with Crippen molar-refractivity contribution in [3.05, 3.63) is 34.1 Å². The maximum atomic E-state index is 12.9. The van der Waals surface area contributed by atoms with Crippen LogP contribution in [-0.4, -0.2) is 19.1 Å². The molecule has 0 radical (unpaired) electrons. The minimum Gasteiger partial charge on any atom is -0.465 e. The number of rotatable bonds is 5. The molecule has 0 aliphatic heterocycles. The Morgan fingerprint density at radius 2 is 2.31 bits per heavy atom. The third-order valence-corrected chi connectivity index (χ3v) is 2.67. The largest absolute Gasteiger partial charge is 0.465 e. The fraction of sp³-hybridized carbons (Fsp3) is 0.364.